The van der Waals surface area contributed by atoms with Crippen molar-refractivity contribution in [1.82, 2.24) is 0 Å². The number of hydrogen-bond acceptors (Lipinski definition) is 3. The molecule has 22 heavy (non-hydrogen) atoms. The molecule has 0 unspecified atom stereocenters. The van der Waals surface area contributed by atoms with Gasteiger partial charge in [-0.05, 0) is 42.5 Å². The number of carbonyl (C=O) groups excluding carboxylic acids is 2. The molecule has 1 heterocycles. The second-order valence-corrected chi connectivity index (χ2v) is 5.69. The third-order valence-electron chi connectivity index (χ3n) is 3.28. The van der Waals surface area contributed by atoms with Gasteiger partial charge in [0.05, 0.1) is 6.54 Å². The Balaban J connectivity index is 1.76. The lowest BCUT2D eigenvalue weighted by Crippen LogP contribution is -2.23. The molecule has 2 aromatic carbocycles. The van der Waals surface area contributed by atoms with Gasteiger partial charge in [-0.2, -0.15) is 0 Å². The highest BCUT2D eigenvalue weighted by molar-refractivity contribution is 9.10. The molecule has 5 nitrogen and oxygen atoms in total. The van der Waals surface area contributed by atoms with E-state index in [0.29, 0.717) is 30.1 Å². The van der Waals surface area contributed by atoms with Crippen LogP contribution in [0.2, 0.25) is 0 Å². The molecule has 1 aliphatic heterocycles. The Morgan fingerprint density at radius 2 is 1.95 bits per heavy atom. The molecule has 0 radical (unpaired) electrons. The van der Waals surface area contributed by atoms with E-state index >= 15 is 0 Å². The molecule has 0 saturated carbocycles. The lowest BCUT2D eigenvalue weighted by Gasteiger charge is -2.14. The number of nitrogens with zero attached hydrogens (tertiary/aromatic N) is 1. The summed E-state index contributed by atoms with van der Waals surface area (Å²) >= 11 is 3.33. The van der Waals surface area contributed by atoms with Gasteiger partial charge in [0.1, 0.15) is 6.61 Å². The smallest absolute Gasteiger partial charge is 0.414 e. The van der Waals surface area contributed by atoms with Gasteiger partial charge in [0.15, 0.2) is 0 Å². The van der Waals surface area contributed by atoms with E-state index in [9.17, 15) is 9.59 Å². The standard InChI is InChI=1S/C16H13BrN2O3/c17-12-6-4-11(5-7-12)15(20)18-13-2-1-3-14(10-13)19-8-9-22-16(19)21/h1-7,10H,8-9H2,(H,18,20). The van der Waals surface area contributed by atoms with E-state index in [1.54, 1.807) is 30.3 Å². The number of rotatable bonds is 3. The van der Waals surface area contributed by atoms with Crippen LogP contribution in [0.25, 0.3) is 0 Å². The molecule has 0 aromatic heterocycles. The van der Waals surface area contributed by atoms with Crippen molar-refractivity contribution in [2.45, 2.75) is 0 Å². The summed E-state index contributed by atoms with van der Waals surface area (Å²) in [5.41, 5.74) is 1.90. The van der Waals surface area contributed by atoms with Crippen LogP contribution < -0.4 is 10.2 Å². The summed E-state index contributed by atoms with van der Waals surface area (Å²) in [7, 11) is 0. The van der Waals surface area contributed by atoms with Crippen molar-refractivity contribution < 1.29 is 14.3 Å². The van der Waals surface area contributed by atoms with Gasteiger partial charge in [-0.3, -0.25) is 9.69 Å². The van der Waals surface area contributed by atoms with Crippen LogP contribution in [0.3, 0.4) is 0 Å². The van der Waals surface area contributed by atoms with Gasteiger partial charge in [0, 0.05) is 21.4 Å². The number of carbonyl (C=O) groups is 2. The minimum Gasteiger partial charge on any atom is -0.447 e. The Bertz CT molecular complexity index is 716. The van der Waals surface area contributed by atoms with Gasteiger partial charge >= 0.3 is 6.09 Å². The average Bonchev–Trinajstić information content (AvgIpc) is 2.94. The Hall–Kier alpha value is -2.34. The van der Waals surface area contributed by atoms with Crippen LogP contribution in [0.5, 0.6) is 0 Å². The van der Waals surface area contributed by atoms with Gasteiger partial charge < -0.3 is 10.1 Å². The molecule has 1 fully saturated rings. The molecular weight excluding hydrogens is 348 g/mol. The summed E-state index contributed by atoms with van der Waals surface area (Å²) < 4.78 is 5.83. The minimum absolute atomic E-state index is 0.200. The van der Waals surface area contributed by atoms with Gasteiger partial charge in [-0.15, -0.1) is 0 Å². The molecule has 112 valence electrons. The molecule has 0 spiro atoms. The fourth-order valence-corrected chi connectivity index (χ4v) is 2.45. The highest BCUT2D eigenvalue weighted by atomic mass is 79.9. The molecule has 6 heteroatoms. The SMILES string of the molecule is O=C(Nc1cccc(N2CCOC2=O)c1)c1ccc(Br)cc1. The largest absolute Gasteiger partial charge is 0.447 e. The zero-order valence-corrected chi connectivity index (χ0v) is 13.2. The Morgan fingerprint density at radius 3 is 2.64 bits per heavy atom. The van der Waals surface area contributed by atoms with Crippen molar-refractivity contribution in [3.05, 3.63) is 58.6 Å². The Morgan fingerprint density at radius 1 is 1.18 bits per heavy atom. The maximum atomic E-state index is 12.2. The molecule has 1 N–H and O–H groups in total. The minimum atomic E-state index is -0.364. The first kappa shape index (κ1) is 14.6. The van der Waals surface area contributed by atoms with E-state index in [1.165, 1.54) is 4.90 Å². The highest BCUT2D eigenvalue weighted by Gasteiger charge is 2.23. The summed E-state index contributed by atoms with van der Waals surface area (Å²) in [5.74, 6) is -0.200. The molecule has 1 saturated heterocycles. The predicted molar refractivity (Wildman–Crippen MR) is 87.2 cm³/mol. The van der Waals surface area contributed by atoms with Gasteiger partial charge in [-0.25, -0.2) is 4.79 Å². The average molecular weight is 361 g/mol. The molecule has 2 aromatic rings. The predicted octanol–water partition coefficient (Wildman–Crippen LogP) is 3.66. The topological polar surface area (TPSA) is 58.6 Å². The third kappa shape index (κ3) is 3.12. The van der Waals surface area contributed by atoms with Crippen LogP contribution in [-0.4, -0.2) is 25.2 Å². The first-order valence-electron chi connectivity index (χ1n) is 6.75. The van der Waals surface area contributed by atoms with Crippen LogP contribution in [0, 0.1) is 0 Å². The van der Waals surface area contributed by atoms with Gasteiger partial charge in [0.25, 0.3) is 5.91 Å². The summed E-state index contributed by atoms with van der Waals surface area (Å²) in [6.45, 7) is 0.900. The lowest BCUT2D eigenvalue weighted by atomic mass is 10.2. The Labute approximate surface area is 136 Å². The maximum Gasteiger partial charge on any atom is 0.414 e. The van der Waals surface area contributed by atoms with Crippen molar-refractivity contribution in [3.63, 3.8) is 0 Å². The van der Waals surface area contributed by atoms with E-state index in [2.05, 4.69) is 21.2 Å². The van der Waals surface area contributed by atoms with Crippen molar-refractivity contribution >= 4 is 39.3 Å². The lowest BCUT2D eigenvalue weighted by molar-refractivity contribution is 0.102. The molecule has 0 aliphatic carbocycles. The summed E-state index contributed by atoms with van der Waals surface area (Å²) in [5, 5.41) is 2.82. The van der Waals surface area contributed by atoms with E-state index in [0.717, 1.165) is 4.47 Å². The van der Waals surface area contributed by atoms with Gasteiger partial charge in [-0.1, -0.05) is 22.0 Å². The normalized spacial score (nSPS) is 13.9. The molecule has 2 amide bonds. The van der Waals surface area contributed by atoms with Crippen LogP contribution >= 0.6 is 15.9 Å². The summed E-state index contributed by atoms with van der Waals surface area (Å²) in [6.07, 6.45) is -0.364. The number of amides is 2. The van der Waals surface area contributed by atoms with Crippen molar-refractivity contribution in [1.29, 1.82) is 0 Å². The zero-order chi connectivity index (χ0) is 15.5. The number of cyclic esters (lactones) is 1. The number of anilines is 2. The molecule has 0 atom stereocenters. The number of nitrogens with one attached hydrogen (secondary N) is 1. The van der Waals surface area contributed by atoms with Crippen LogP contribution in [0.4, 0.5) is 16.2 Å². The highest BCUT2D eigenvalue weighted by Crippen LogP contribution is 2.23. The van der Waals surface area contributed by atoms with E-state index in [1.807, 2.05) is 18.2 Å². The number of ether oxygens (including phenoxy) is 1. The van der Waals surface area contributed by atoms with Crippen molar-refractivity contribution in [2.24, 2.45) is 0 Å². The van der Waals surface area contributed by atoms with E-state index in [-0.39, 0.29) is 12.0 Å². The fourth-order valence-electron chi connectivity index (χ4n) is 2.18. The summed E-state index contributed by atoms with van der Waals surface area (Å²) in [4.78, 5) is 25.3. The van der Waals surface area contributed by atoms with Crippen molar-refractivity contribution in [3.8, 4) is 0 Å². The number of benzene rings is 2. The third-order valence-corrected chi connectivity index (χ3v) is 3.81. The molecule has 0 bridgehead atoms. The van der Waals surface area contributed by atoms with E-state index < -0.39 is 0 Å². The second kappa shape index (κ2) is 6.19. The van der Waals surface area contributed by atoms with E-state index in [4.69, 9.17) is 4.74 Å². The van der Waals surface area contributed by atoms with Crippen LogP contribution in [-0.2, 0) is 4.74 Å². The number of halogens is 1. The zero-order valence-electron chi connectivity index (χ0n) is 11.6. The molecule has 3 rings (SSSR count). The fraction of sp³-hybridized carbons (Fsp3) is 0.125. The van der Waals surface area contributed by atoms with Crippen LogP contribution in [0.1, 0.15) is 10.4 Å². The summed E-state index contributed by atoms with van der Waals surface area (Å²) in [6, 6.07) is 14.2. The quantitative estimate of drug-likeness (QED) is 0.908. The van der Waals surface area contributed by atoms with Crippen LogP contribution in [0.15, 0.2) is 53.0 Å². The molecular formula is C16H13BrN2O3. The second-order valence-electron chi connectivity index (χ2n) is 4.78. The molecule has 1 aliphatic rings. The maximum absolute atomic E-state index is 12.2. The monoisotopic (exact) mass is 360 g/mol. The number of hydrogen-bond donors (Lipinski definition) is 1. The van der Waals surface area contributed by atoms with Gasteiger partial charge in [0.2, 0.25) is 0 Å². The first-order valence-corrected chi connectivity index (χ1v) is 7.54. The first-order chi connectivity index (χ1) is 10.6. The van der Waals surface area contributed by atoms with Crippen molar-refractivity contribution in [2.75, 3.05) is 23.4 Å². The Kier molecular flexibility index (Phi) is 4.11.